The highest BCUT2D eigenvalue weighted by atomic mass is 19.2. The van der Waals surface area contributed by atoms with Crippen molar-refractivity contribution in [1.82, 2.24) is 0 Å². The van der Waals surface area contributed by atoms with Crippen molar-refractivity contribution in [3.8, 4) is 33.4 Å². The lowest BCUT2D eigenvalue weighted by Gasteiger charge is -2.29. The summed E-state index contributed by atoms with van der Waals surface area (Å²) in [6.45, 7) is 0. The van der Waals surface area contributed by atoms with Crippen LogP contribution in [0.1, 0.15) is 0 Å². The zero-order chi connectivity index (χ0) is 63.2. The number of hydrogen-bond acceptors (Lipinski definition) is 2. The van der Waals surface area contributed by atoms with E-state index in [0.717, 1.165) is 0 Å². The first-order valence-electron chi connectivity index (χ1n) is 21.3. The Hall–Kier alpha value is -9.21. The van der Waals surface area contributed by atoms with Gasteiger partial charge in [-0.1, -0.05) is 0 Å². The Kier molecular flexibility index (Phi) is 13.5. The summed E-state index contributed by atoms with van der Waals surface area (Å²) in [6.07, 6.45) is 0. The zero-order valence-corrected chi connectivity index (χ0v) is 38.3. The van der Waals surface area contributed by atoms with Gasteiger partial charge in [0.15, 0.2) is 180 Å². The first-order chi connectivity index (χ1) is 39.5. The highest BCUT2D eigenvalue weighted by molar-refractivity contribution is 6.12. The Labute approximate surface area is 439 Å². The first kappa shape index (κ1) is 59.0. The largest absolute Gasteiger partial charge is 0.452 e. The summed E-state index contributed by atoms with van der Waals surface area (Å²) in [6, 6.07) is 0. The standard InChI is InChI=1S/C50F33NO/c51-13-1(15(53)17(55)5-3(13)19(57)33(71)35(73)21(5)59)7-25(63)40(78)46(41(79)26(7)64)84(47-42(80)27(65)8(28(66)43(47)81)2-14(52)4-6(18(56)16(2)54)22(60)36(74)34(72)20(4)58)48-44(82)31(69)12-11-30(68)32(70)29(67)10(49(11)85-50(12)45(48)83)9-23(61)37(75)39(77)38(76)24(9)62. The molecule has 0 unspecified atom stereocenters. The molecule has 0 saturated carbocycles. The van der Waals surface area contributed by atoms with Crippen LogP contribution < -0.4 is 4.90 Å². The molecule has 0 aliphatic carbocycles. The average Bonchev–Trinajstić information content (AvgIpc) is 2.06. The van der Waals surface area contributed by atoms with Gasteiger partial charge >= 0.3 is 0 Å². The monoisotopic (exact) mass is 1260 g/mol. The van der Waals surface area contributed by atoms with Crippen molar-refractivity contribution in [1.29, 1.82) is 0 Å². The molecule has 1 aromatic heterocycles. The predicted molar refractivity (Wildman–Crippen MR) is 218 cm³/mol. The normalized spacial score (nSPS) is 12.1. The molecule has 0 saturated heterocycles. The number of fused-ring (bicyclic) bond motifs is 5. The van der Waals surface area contributed by atoms with Crippen molar-refractivity contribution in [3.05, 3.63) is 192 Å². The molecule has 2 nitrogen and oxygen atoms in total. The minimum atomic E-state index is -3.93. The SMILES string of the molecule is Fc1c(F)c(F)c(-c2c(F)c(F)c(F)c3c2oc2c(F)c(N(c4c(F)c(F)c(-c5c(F)c(F)c6c(F)c(F)c(F)c(F)c6c5F)c(F)c4F)c4c(F)c(F)c(-c5c(F)c(F)c6c(F)c(F)c(F)c(F)c6c5F)c(F)c4F)c(F)c(F)c23)c(F)c1F. The van der Waals surface area contributed by atoms with E-state index >= 15 is 96.6 Å². The molecule has 9 aromatic carbocycles. The quantitative estimate of drug-likeness (QED) is 0.0937. The lowest BCUT2D eigenvalue weighted by molar-refractivity contribution is 0.380. The van der Waals surface area contributed by atoms with Crippen LogP contribution in [-0.4, -0.2) is 0 Å². The summed E-state index contributed by atoms with van der Waals surface area (Å²) in [5.74, 6) is -112. The van der Waals surface area contributed by atoms with Gasteiger partial charge in [0.2, 0.25) is 5.82 Å². The molecular formula is C50F33NO. The highest BCUT2D eigenvalue weighted by Crippen LogP contribution is 2.54. The zero-order valence-electron chi connectivity index (χ0n) is 38.3. The molecule has 0 fully saturated rings. The third kappa shape index (κ3) is 7.44. The van der Waals surface area contributed by atoms with E-state index in [4.69, 9.17) is 0 Å². The fourth-order valence-corrected chi connectivity index (χ4v) is 9.07. The van der Waals surface area contributed by atoms with Crippen molar-refractivity contribution in [3.63, 3.8) is 0 Å². The molecule has 10 aromatic rings. The van der Waals surface area contributed by atoms with E-state index in [2.05, 4.69) is 4.42 Å². The Bertz CT molecular complexity index is 4540. The molecule has 1 heterocycles. The van der Waals surface area contributed by atoms with Gasteiger partial charge in [-0.2, -0.15) is 0 Å². The average molecular weight is 1260 g/mol. The molecule has 442 valence electrons. The van der Waals surface area contributed by atoms with Gasteiger partial charge in [-0.05, 0) is 0 Å². The minimum Gasteiger partial charge on any atom is -0.452 e. The third-order valence-electron chi connectivity index (χ3n) is 12.8. The number of benzene rings is 9. The molecule has 0 atom stereocenters. The molecular weight excluding hydrogens is 1260 g/mol. The van der Waals surface area contributed by atoms with Gasteiger partial charge in [0, 0.05) is 0 Å². The highest BCUT2D eigenvalue weighted by Gasteiger charge is 2.45. The van der Waals surface area contributed by atoms with Crippen LogP contribution >= 0.6 is 0 Å². The Morgan fingerprint density at radius 2 is 0.318 bits per heavy atom. The number of rotatable bonds is 6. The first-order valence-corrected chi connectivity index (χ1v) is 21.3. The maximum Gasteiger partial charge on any atom is 0.200 e. The van der Waals surface area contributed by atoms with Gasteiger partial charge in [0.05, 0.1) is 65.7 Å². The molecule has 0 aliphatic rings. The molecule has 0 spiro atoms. The summed E-state index contributed by atoms with van der Waals surface area (Å²) in [5, 5.41) is -15.8. The van der Waals surface area contributed by atoms with Crippen LogP contribution in [0.25, 0.3) is 76.9 Å². The van der Waals surface area contributed by atoms with E-state index in [1.54, 1.807) is 0 Å². The number of furan rings is 1. The number of hydrogen-bond donors (Lipinski definition) is 0. The maximum atomic E-state index is 17.3. The lowest BCUT2D eigenvalue weighted by atomic mass is 9.95. The summed E-state index contributed by atoms with van der Waals surface area (Å²) < 4.78 is 517. The van der Waals surface area contributed by atoms with Crippen molar-refractivity contribution in [2.45, 2.75) is 0 Å². The van der Waals surface area contributed by atoms with Gasteiger partial charge < -0.3 is 4.42 Å². The number of nitrogens with zero attached hydrogens (tertiary/aromatic N) is 1. The van der Waals surface area contributed by atoms with Crippen LogP contribution in [-0.2, 0) is 0 Å². The van der Waals surface area contributed by atoms with Crippen LogP contribution in [0, 0.1) is 192 Å². The second-order valence-corrected chi connectivity index (χ2v) is 17.0. The van der Waals surface area contributed by atoms with E-state index in [1.165, 1.54) is 0 Å². The van der Waals surface area contributed by atoms with E-state index in [0.29, 0.717) is 0 Å². The summed E-state index contributed by atoms with van der Waals surface area (Å²) >= 11 is 0. The van der Waals surface area contributed by atoms with E-state index in [-0.39, 0.29) is 0 Å². The van der Waals surface area contributed by atoms with Crippen molar-refractivity contribution < 1.29 is 149 Å². The van der Waals surface area contributed by atoms with Crippen molar-refractivity contribution in [2.75, 3.05) is 4.90 Å². The van der Waals surface area contributed by atoms with Crippen LogP contribution in [0.4, 0.5) is 162 Å². The van der Waals surface area contributed by atoms with Crippen molar-refractivity contribution in [2.24, 2.45) is 0 Å². The van der Waals surface area contributed by atoms with Gasteiger partial charge in [0.25, 0.3) is 0 Å². The Morgan fingerprint density at radius 1 is 0.141 bits per heavy atom. The van der Waals surface area contributed by atoms with E-state index < -0.39 is 291 Å². The van der Waals surface area contributed by atoms with Gasteiger partial charge in [-0.15, -0.1) is 0 Å². The Morgan fingerprint density at radius 3 is 0.671 bits per heavy atom. The van der Waals surface area contributed by atoms with Crippen LogP contribution in [0.3, 0.4) is 0 Å². The molecule has 0 bridgehead atoms. The molecule has 0 radical (unpaired) electrons. The topological polar surface area (TPSA) is 16.4 Å². The fraction of sp³-hybridized carbons (Fsp3) is 0. The second-order valence-electron chi connectivity index (χ2n) is 17.0. The minimum absolute atomic E-state index is 2.13. The van der Waals surface area contributed by atoms with Gasteiger partial charge in [0.1, 0.15) is 34.3 Å². The van der Waals surface area contributed by atoms with Gasteiger partial charge in [-0.25, -0.2) is 145 Å². The van der Waals surface area contributed by atoms with Crippen LogP contribution in [0.15, 0.2) is 4.42 Å². The molecule has 85 heavy (non-hydrogen) atoms. The molecule has 0 aliphatic heterocycles. The van der Waals surface area contributed by atoms with Crippen LogP contribution in [0.5, 0.6) is 0 Å². The molecule has 0 N–H and O–H groups in total. The number of anilines is 3. The molecule has 35 heteroatoms. The molecule has 0 amide bonds. The maximum absolute atomic E-state index is 17.3. The van der Waals surface area contributed by atoms with Gasteiger partial charge in [-0.3, -0.25) is 4.90 Å². The number of halogens is 33. The summed E-state index contributed by atoms with van der Waals surface area (Å²) in [5.41, 5.74) is -34.4. The Balaban J connectivity index is 1.38. The second kappa shape index (κ2) is 19.4. The third-order valence-corrected chi connectivity index (χ3v) is 12.8. The summed E-state index contributed by atoms with van der Waals surface area (Å²) in [7, 11) is 0. The summed E-state index contributed by atoms with van der Waals surface area (Å²) in [4.78, 5) is -2.13. The van der Waals surface area contributed by atoms with E-state index in [1.807, 2.05) is 0 Å². The fourth-order valence-electron chi connectivity index (χ4n) is 9.07. The molecule has 10 rings (SSSR count). The lowest BCUT2D eigenvalue weighted by Crippen LogP contribution is -2.23. The van der Waals surface area contributed by atoms with E-state index in [9.17, 15) is 48.3 Å². The predicted octanol–water partition coefficient (Wildman–Crippen LogP) is 19.0. The van der Waals surface area contributed by atoms with Crippen molar-refractivity contribution >= 4 is 60.5 Å². The smallest absolute Gasteiger partial charge is 0.200 e. The van der Waals surface area contributed by atoms with Crippen LogP contribution in [0.2, 0.25) is 0 Å².